The molecule has 28 heavy (non-hydrogen) atoms. The van der Waals surface area contributed by atoms with Crippen LogP contribution in [0.15, 0.2) is 42.7 Å². The molecular formula is C22H25N3O3. The fourth-order valence-corrected chi connectivity index (χ4v) is 3.95. The number of amides is 1. The number of aromatic nitrogens is 2. The molecule has 0 spiro atoms. The number of hydrogen-bond donors (Lipinski definition) is 1. The summed E-state index contributed by atoms with van der Waals surface area (Å²) in [6.45, 7) is 4.58. The number of aliphatic hydroxyl groups excluding tert-OH is 1. The summed E-state index contributed by atoms with van der Waals surface area (Å²) in [4.78, 5) is 19.3. The second kappa shape index (κ2) is 7.37. The third-order valence-electron chi connectivity index (χ3n) is 5.60. The SMILES string of the molecule is CO[C@H]1C[C@@H](CO)N(C(=O)c2ccc3c(c2)ncn3-c2cc(C)ccc2C)C1. The number of methoxy groups -OCH3 is 1. The molecule has 0 bridgehead atoms. The molecule has 1 fully saturated rings. The standard InChI is InChI=1S/C22H25N3O3/c1-14-4-5-15(2)21(8-14)25-13-23-19-9-16(6-7-20(19)25)22(27)24-11-18(28-3)10-17(24)12-26/h4-9,13,17-18,26H,10-12H2,1-3H3/t17-,18-/m0/s1. The number of fused-ring (bicyclic) bond motifs is 1. The number of aliphatic hydroxyl groups is 1. The molecule has 6 heteroatoms. The Balaban J connectivity index is 1.68. The van der Waals surface area contributed by atoms with Gasteiger partial charge >= 0.3 is 0 Å². The number of hydrogen-bond acceptors (Lipinski definition) is 4. The van der Waals surface area contributed by atoms with Crippen LogP contribution in [0.4, 0.5) is 0 Å². The van der Waals surface area contributed by atoms with E-state index in [1.165, 1.54) is 11.1 Å². The van der Waals surface area contributed by atoms with Crippen LogP contribution < -0.4 is 0 Å². The van der Waals surface area contributed by atoms with Crippen molar-refractivity contribution in [3.05, 3.63) is 59.4 Å². The third-order valence-corrected chi connectivity index (χ3v) is 5.60. The van der Waals surface area contributed by atoms with E-state index in [9.17, 15) is 9.90 Å². The number of likely N-dealkylation sites (tertiary alicyclic amines) is 1. The maximum absolute atomic E-state index is 13.0. The summed E-state index contributed by atoms with van der Waals surface area (Å²) in [7, 11) is 1.64. The molecule has 0 unspecified atom stereocenters. The molecule has 3 aromatic rings. The van der Waals surface area contributed by atoms with E-state index in [2.05, 4.69) is 41.6 Å². The van der Waals surface area contributed by atoms with Gasteiger partial charge in [-0.05, 0) is 55.7 Å². The van der Waals surface area contributed by atoms with Gasteiger partial charge in [0.2, 0.25) is 0 Å². The number of carbonyl (C=O) groups excluding carboxylic acids is 1. The first kappa shape index (κ1) is 18.7. The van der Waals surface area contributed by atoms with Crippen LogP contribution in [0, 0.1) is 13.8 Å². The topological polar surface area (TPSA) is 67.6 Å². The van der Waals surface area contributed by atoms with Gasteiger partial charge in [-0.15, -0.1) is 0 Å². The first-order valence-electron chi connectivity index (χ1n) is 9.51. The smallest absolute Gasteiger partial charge is 0.254 e. The molecule has 2 aromatic carbocycles. The third kappa shape index (κ3) is 3.19. The molecule has 4 rings (SSSR count). The van der Waals surface area contributed by atoms with Crippen molar-refractivity contribution in [3.8, 4) is 5.69 Å². The van der Waals surface area contributed by atoms with Gasteiger partial charge in [-0.2, -0.15) is 0 Å². The van der Waals surface area contributed by atoms with Crippen LogP contribution in [0.2, 0.25) is 0 Å². The molecule has 0 saturated carbocycles. The summed E-state index contributed by atoms with van der Waals surface area (Å²) < 4.78 is 7.44. The molecule has 1 aliphatic heterocycles. The lowest BCUT2D eigenvalue weighted by Gasteiger charge is -2.22. The Morgan fingerprint density at radius 1 is 1.25 bits per heavy atom. The average molecular weight is 379 g/mol. The Morgan fingerprint density at radius 2 is 2.07 bits per heavy atom. The second-order valence-electron chi connectivity index (χ2n) is 7.50. The lowest BCUT2D eigenvalue weighted by molar-refractivity contribution is 0.0648. The van der Waals surface area contributed by atoms with E-state index in [1.54, 1.807) is 18.3 Å². The quantitative estimate of drug-likeness (QED) is 0.757. The van der Waals surface area contributed by atoms with Crippen LogP contribution in [0.25, 0.3) is 16.7 Å². The Bertz CT molecular complexity index is 1030. The minimum absolute atomic E-state index is 0.0339. The summed E-state index contributed by atoms with van der Waals surface area (Å²) in [6, 6.07) is 11.7. The maximum Gasteiger partial charge on any atom is 0.254 e. The predicted octanol–water partition coefficient (Wildman–Crippen LogP) is 2.86. The van der Waals surface area contributed by atoms with Crippen LogP contribution in [0.1, 0.15) is 27.9 Å². The van der Waals surface area contributed by atoms with Crippen LogP contribution in [-0.4, -0.2) is 57.9 Å². The van der Waals surface area contributed by atoms with Gasteiger partial charge in [-0.1, -0.05) is 12.1 Å². The Labute approximate surface area is 164 Å². The van der Waals surface area contributed by atoms with Crippen molar-refractivity contribution >= 4 is 16.9 Å². The summed E-state index contributed by atoms with van der Waals surface area (Å²) >= 11 is 0. The van der Waals surface area contributed by atoms with E-state index in [4.69, 9.17) is 4.74 Å². The van der Waals surface area contributed by atoms with Gasteiger partial charge in [0.1, 0.15) is 6.33 Å². The Morgan fingerprint density at radius 3 is 2.82 bits per heavy atom. The number of nitrogens with zero attached hydrogens (tertiary/aromatic N) is 3. The van der Waals surface area contributed by atoms with Crippen LogP contribution in [0.3, 0.4) is 0 Å². The van der Waals surface area contributed by atoms with Crippen molar-refractivity contribution in [2.24, 2.45) is 0 Å². The molecule has 6 nitrogen and oxygen atoms in total. The van der Waals surface area contributed by atoms with Crippen molar-refractivity contribution in [1.29, 1.82) is 0 Å². The van der Waals surface area contributed by atoms with Gasteiger partial charge in [0.15, 0.2) is 0 Å². The lowest BCUT2D eigenvalue weighted by atomic mass is 10.1. The van der Waals surface area contributed by atoms with Crippen molar-refractivity contribution in [2.75, 3.05) is 20.3 Å². The van der Waals surface area contributed by atoms with Crippen LogP contribution in [-0.2, 0) is 4.74 Å². The molecule has 1 saturated heterocycles. The first-order chi connectivity index (χ1) is 13.5. The zero-order valence-electron chi connectivity index (χ0n) is 16.4. The molecule has 146 valence electrons. The first-order valence-corrected chi connectivity index (χ1v) is 9.51. The average Bonchev–Trinajstić information content (AvgIpc) is 3.32. The zero-order valence-corrected chi connectivity index (χ0v) is 16.4. The molecular weight excluding hydrogens is 354 g/mol. The molecule has 1 aromatic heterocycles. The van der Waals surface area contributed by atoms with Crippen molar-refractivity contribution < 1.29 is 14.6 Å². The van der Waals surface area contributed by atoms with E-state index in [0.29, 0.717) is 18.5 Å². The fourth-order valence-electron chi connectivity index (χ4n) is 3.95. The van der Waals surface area contributed by atoms with E-state index in [-0.39, 0.29) is 24.7 Å². The van der Waals surface area contributed by atoms with Gasteiger partial charge in [0, 0.05) is 19.2 Å². The van der Waals surface area contributed by atoms with Crippen LogP contribution >= 0.6 is 0 Å². The molecule has 2 heterocycles. The highest BCUT2D eigenvalue weighted by molar-refractivity contribution is 5.98. The Kier molecular flexibility index (Phi) is 4.91. The number of ether oxygens (including phenoxy) is 1. The van der Waals surface area contributed by atoms with E-state index >= 15 is 0 Å². The number of imidazole rings is 1. The number of benzene rings is 2. The minimum Gasteiger partial charge on any atom is -0.394 e. The molecule has 1 aliphatic rings. The van der Waals surface area contributed by atoms with Gasteiger partial charge in [0.05, 0.1) is 35.5 Å². The van der Waals surface area contributed by atoms with E-state index in [1.807, 2.05) is 18.2 Å². The molecule has 0 aliphatic carbocycles. The van der Waals surface area contributed by atoms with Crippen molar-refractivity contribution in [1.82, 2.24) is 14.5 Å². The molecule has 2 atom stereocenters. The number of carbonyl (C=O) groups is 1. The van der Waals surface area contributed by atoms with Gasteiger partial charge < -0.3 is 14.7 Å². The lowest BCUT2D eigenvalue weighted by Crippen LogP contribution is -2.38. The van der Waals surface area contributed by atoms with Gasteiger partial charge in [-0.3, -0.25) is 9.36 Å². The molecule has 1 N–H and O–H groups in total. The number of rotatable bonds is 4. The van der Waals surface area contributed by atoms with Gasteiger partial charge in [0.25, 0.3) is 5.91 Å². The maximum atomic E-state index is 13.0. The summed E-state index contributed by atoms with van der Waals surface area (Å²) in [5.41, 5.74) is 5.75. The number of aryl methyl sites for hydroxylation is 2. The molecule has 1 amide bonds. The second-order valence-corrected chi connectivity index (χ2v) is 7.50. The van der Waals surface area contributed by atoms with Crippen molar-refractivity contribution in [2.45, 2.75) is 32.4 Å². The van der Waals surface area contributed by atoms with Gasteiger partial charge in [-0.25, -0.2) is 4.98 Å². The monoisotopic (exact) mass is 379 g/mol. The normalized spacial score (nSPS) is 19.5. The largest absolute Gasteiger partial charge is 0.394 e. The summed E-state index contributed by atoms with van der Waals surface area (Å²) in [5.74, 6) is -0.0956. The van der Waals surface area contributed by atoms with Crippen molar-refractivity contribution in [3.63, 3.8) is 0 Å². The Hall–Kier alpha value is -2.70. The predicted molar refractivity (Wildman–Crippen MR) is 108 cm³/mol. The van der Waals surface area contributed by atoms with E-state index < -0.39 is 0 Å². The van der Waals surface area contributed by atoms with E-state index in [0.717, 1.165) is 16.7 Å². The summed E-state index contributed by atoms with van der Waals surface area (Å²) in [5, 5.41) is 9.63. The minimum atomic E-state index is -0.208. The highest BCUT2D eigenvalue weighted by Gasteiger charge is 2.35. The highest BCUT2D eigenvalue weighted by Crippen LogP contribution is 2.26. The molecule has 0 radical (unpaired) electrons. The zero-order chi connectivity index (χ0) is 19.8. The summed E-state index contributed by atoms with van der Waals surface area (Å²) in [6.07, 6.45) is 2.42. The highest BCUT2D eigenvalue weighted by atomic mass is 16.5. The fraction of sp³-hybridized carbons (Fsp3) is 0.364. The van der Waals surface area contributed by atoms with Crippen LogP contribution in [0.5, 0.6) is 0 Å².